The molecule has 0 radical (unpaired) electrons. The maximum absolute atomic E-state index is 13.4. The second kappa shape index (κ2) is 8.34. The van der Waals surface area contributed by atoms with Crippen LogP contribution in [0.1, 0.15) is 5.56 Å². The highest BCUT2D eigenvalue weighted by Crippen LogP contribution is 2.37. The van der Waals surface area contributed by atoms with Crippen LogP contribution in [-0.2, 0) is 11.2 Å². The van der Waals surface area contributed by atoms with Gasteiger partial charge in [-0.3, -0.25) is 4.79 Å². The summed E-state index contributed by atoms with van der Waals surface area (Å²) in [5.74, 6) is 0.731. The molecule has 1 fully saturated rings. The molecule has 2 aliphatic heterocycles. The van der Waals surface area contributed by atoms with E-state index in [1.54, 1.807) is 7.11 Å². The first-order valence-corrected chi connectivity index (χ1v) is 10.8. The van der Waals surface area contributed by atoms with E-state index >= 15 is 0 Å². The maximum Gasteiger partial charge on any atom is 0.229 e. The molecule has 0 saturated carbocycles. The summed E-state index contributed by atoms with van der Waals surface area (Å²) in [5.41, 5.74) is 4.54. The summed E-state index contributed by atoms with van der Waals surface area (Å²) in [6, 6.07) is 26.7. The van der Waals surface area contributed by atoms with E-state index in [4.69, 9.17) is 4.74 Å². The fraction of sp³-hybridized carbons (Fsp3) is 0.269. The van der Waals surface area contributed by atoms with Crippen molar-refractivity contribution in [2.75, 3.05) is 41.9 Å². The van der Waals surface area contributed by atoms with Crippen molar-refractivity contribution in [3.05, 3.63) is 84.4 Å². The zero-order valence-electron chi connectivity index (χ0n) is 17.7. The third-order valence-corrected chi connectivity index (χ3v) is 6.44. The van der Waals surface area contributed by atoms with Crippen LogP contribution in [0.4, 0.5) is 17.1 Å². The molecule has 2 unspecified atom stereocenters. The summed E-state index contributed by atoms with van der Waals surface area (Å²) in [6.07, 6.45) is 0.752. The second-order valence-electron chi connectivity index (χ2n) is 8.20. The number of hydrogen-bond acceptors (Lipinski definition) is 4. The fourth-order valence-electron chi connectivity index (χ4n) is 4.84. The molecule has 1 N–H and O–H groups in total. The third kappa shape index (κ3) is 3.83. The Morgan fingerprint density at radius 1 is 0.935 bits per heavy atom. The third-order valence-electron chi connectivity index (χ3n) is 6.44. The molecule has 0 aliphatic carbocycles. The van der Waals surface area contributed by atoms with Crippen molar-refractivity contribution >= 4 is 23.0 Å². The van der Waals surface area contributed by atoms with Crippen molar-refractivity contribution in [2.24, 2.45) is 5.92 Å². The van der Waals surface area contributed by atoms with Gasteiger partial charge < -0.3 is 19.9 Å². The topological polar surface area (TPSA) is 44.8 Å². The zero-order valence-corrected chi connectivity index (χ0v) is 17.7. The molecule has 3 aromatic rings. The van der Waals surface area contributed by atoms with Crippen molar-refractivity contribution in [1.82, 2.24) is 0 Å². The normalized spacial score (nSPS) is 19.9. The second-order valence-corrected chi connectivity index (χ2v) is 8.20. The lowest BCUT2D eigenvalue weighted by Crippen LogP contribution is -2.60. The molecule has 5 heteroatoms. The first kappa shape index (κ1) is 19.5. The first-order valence-electron chi connectivity index (χ1n) is 10.8. The smallest absolute Gasteiger partial charge is 0.229 e. The molecule has 2 aliphatic rings. The van der Waals surface area contributed by atoms with Gasteiger partial charge in [-0.2, -0.15) is 0 Å². The van der Waals surface area contributed by atoms with Gasteiger partial charge in [0.1, 0.15) is 5.75 Å². The monoisotopic (exact) mass is 413 g/mol. The van der Waals surface area contributed by atoms with Gasteiger partial charge in [-0.1, -0.05) is 36.4 Å². The van der Waals surface area contributed by atoms with Crippen molar-refractivity contribution in [1.29, 1.82) is 0 Å². The van der Waals surface area contributed by atoms with Gasteiger partial charge in [-0.25, -0.2) is 0 Å². The molecule has 0 bridgehead atoms. The van der Waals surface area contributed by atoms with E-state index in [9.17, 15) is 4.79 Å². The number of fused-ring (bicyclic) bond motifs is 3. The summed E-state index contributed by atoms with van der Waals surface area (Å²) in [5, 5.41) is 3.14. The number of rotatable bonds is 4. The molecule has 5 nitrogen and oxygen atoms in total. The van der Waals surface area contributed by atoms with E-state index in [2.05, 4.69) is 63.6 Å². The molecular weight excluding hydrogens is 386 g/mol. The van der Waals surface area contributed by atoms with Crippen LogP contribution >= 0.6 is 0 Å². The number of hydrogen-bond donors (Lipinski definition) is 1. The quantitative estimate of drug-likeness (QED) is 0.696. The number of anilines is 3. The molecule has 1 saturated heterocycles. The molecule has 158 valence electrons. The molecule has 5 rings (SSSR count). The van der Waals surface area contributed by atoms with Crippen LogP contribution in [0, 0.1) is 5.92 Å². The summed E-state index contributed by atoms with van der Waals surface area (Å²) in [7, 11) is 1.64. The van der Waals surface area contributed by atoms with Crippen LogP contribution < -0.4 is 19.9 Å². The molecule has 0 aromatic heterocycles. The zero-order chi connectivity index (χ0) is 21.2. The lowest BCUT2D eigenvalue weighted by atomic mass is 9.83. The van der Waals surface area contributed by atoms with Gasteiger partial charge in [0.25, 0.3) is 0 Å². The summed E-state index contributed by atoms with van der Waals surface area (Å²) >= 11 is 0. The minimum Gasteiger partial charge on any atom is -0.497 e. The summed E-state index contributed by atoms with van der Waals surface area (Å²) < 4.78 is 5.23. The van der Waals surface area contributed by atoms with Crippen molar-refractivity contribution in [2.45, 2.75) is 12.5 Å². The summed E-state index contributed by atoms with van der Waals surface area (Å²) in [6.45, 7) is 2.68. The number of para-hydroxylation sites is 2. The Balaban J connectivity index is 1.42. The van der Waals surface area contributed by atoms with Gasteiger partial charge in [0.05, 0.1) is 19.1 Å². The Morgan fingerprint density at radius 2 is 1.68 bits per heavy atom. The average molecular weight is 414 g/mol. The predicted octanol–water partition coefficient (Wildman–Crippen LogP) is 4.20. The van der Waals surface area contributed by atoms with E-state index in [0.717, 1.165) is 37.5 Å². The summed E-state index contributed by atoms with van der Waals surface area (Å²) in [4.78, 5) is 18.3. The molecule has 1 amide bonds. The number of carbonyl (C=O) groups is 1. The van der Waals surface area contributed by atoms with Crippen molar-refractivity contribution in [3.8, 4) is 5.75 Å². The molecular formula is C26H27N3O2. The number of benzene rings is 3. The number of nitrogens with one attached hydrogen (secondary N) is 1. The van der Waals surface area contributed by atoms with Gasteiger partial charge in [-0.15, -0.1) is 0 Å². The van der Waals surface area contributed by atoms with Gasteiger partial charge >= 0.3 is 0 Å². The Bertz CT molecular complexity index is 1050. The number of nitrogens with zero attached hydrogens (tertiary/aromatic N) is 2. The number of methoxy groups -OCH3 is 1. The van der Waals surface area contributed by atoms with Crippen molar-refractivity contribution in [3.63, 3.8) is 0 Å². The first-order chi connectivity index (χ1) is 15.2. The Labute approximate surface area is 183 Å². The maximum atomic E-state index is 13.4. The minimum absolute atomic E-state index is 0.0737. The van der Waals surface area contributed by atoms with Crippen LogP contribution in [0.3, 0.4) is 0 Å². The Morgan fingerprint density at radius 3 is 2.45 bits per heavy atom. The number of carbonyl (C=O) groups excluding carboxylic acids is 1. The molecule has 31 heavy (non-hydrogen) atoms. The van der Waals surface area contributed by atoms with E-state index in [0.29, 0.717) is 0 Å². The van der Waals surface area contributed by atoms with Gasteiger partial charge in [0.15, 0.2) is 0 Å². The SMILES string of the molecule is COc1ccc(NC(=O)C2Cc3ccccc3N3CCN(c4ccccc4)CC23)cc1. The van der Waals surface area contributed by atoms with Crippen LogP contribution in [0.15, 0.2) is 78.9 Å². The van der Waals surface area contributed by atoms with Crippen LogP contribution in [0.2, 0.25) is 0 Å². The highest BCUT2D eigenvalue weighted by Gasteiger charge is 2.41. The highest BCUT2D eigenvalue weighted by atomic mass is 16.5. The lowest BCUT2D eigenvalue weighted by Gasteiger charge is -2.49. The molecule has 2 heterocycles. The predicted molar refractivity (Wildman–Crippen MR) is 125 cm³/mol. The van der Waals surface area contributed by atoms with E-state index < -0.39 is 0 Å². The van der Waals surface area contributed by atoms with E-state index in [-0.39, 0.29) is 17.9 Å². The minimum atomic E-state index is -0.122. The van der Waals surface area contributed by atoms with E-state index in [1.165, 1.54) is 16.9 Å². The lowest BCUT2D eigenvalue weighted by molar-refractivity contribution is -0.120. The molecule has 3 aromatic carbocycles. The number of piperazine rings is 1. The average Bonchev–Trinajstić information content (AvgIpc) is 2.84. The molecule has 0 spiro atoms. The highest BCUT2D eigenvalue weighted by molar-refractivity contribution is 5.94. The van der Waals surface area contributed by atoms with Crippen LogP contribution in [0.25, 0.3) is 0 Å². The van der Waals surface area contributed by atoms with Gasteiger partial charge in [0.2, 0.25) is 5.91 Å². The Kier molecular flexibility index (Phi) is 5.24. The number of amides is 1. The van der Waals surface area contributed by atoms with Crippen LogP contribution in [0.5, 0.6) is 5.75 Å². The standard InChI is InChI=1S/C26H27N3O2/c1-31-22-13-11-20(12-14-22)27-26(30)23-17-19-7-5-6-10-24(19)29-16-15-28(18-25(23)29)21-8-3-2-4-9-21/h2-14,23,25H,15-18H2,1H3,(H,27,30). The number of ether oxygens (including phenoxy) is 1. The van der Waals surface area contributed by atoms with Gasteiger partial charge in [-0.05, 0) is 54.4 Å². The van der Waals surface area contributed by atoms with Crippen molar-refractivity contribution < 1.29 is 9.53 Å². The van der Waals surface area contributed by atoms with E-state index in [1.807, 2.05) is 30.3 Å². The fourth-order valence-corrected chi connectivity index (χ4v) is 4.84. The largest absolute Gasteiger partial charge is 0.497 e. The molecule has 2 atom stereocenters. The van der Waals surface area contributed by atoms with Crippen LogP contribution in [-0.4, -0.2) is 38.7 Å². The van der Waals surface area contributed by atoms with Gasteiger partial charge in [0, 0.05) is 36.7 Å². The Hall–Kier alpha value is -3.47.